The van der Waals surface area contributed by atoms with Crippen LogP contribution in [0, 0.1) is 12.8 Å². The number of benzene rings is 1. The number of allylic oxidation sites excluding steroid dienone is 2. The Morgan fingerprint density at radius 3 is 2.50 bits per heavy atom. The van der Waals surface area contributed by atoms with Crippen molar-refractivity contribution in [2.75, 3.05) is 26.2 Å². The third-order valence-electron chi connectivity index (χ3n) is 8.11. The van der Waals surface area contributed by atoms with Crippen molar-refractivity contribution in [2.24, 2.45) is 5.92 Å². The van der Waals surface area contributed by atoms with E-state index in [4.69, 9.17) is 14.6 Å². The molecule has 2 amide bonds. The number of carbonyl (C=O) groups excluding carboxylic acids is 2. The molecule has 1 aliphatic heterocycles. The van der Waals surface area contributed by atoms with Crippen molar-refractivity contribution >= 4 is 22.7 Å². The molecule has 5 rings (SSSR count). The molecule has 1 aromatic heterocycles. The zero-order valence-corrected chi connectivity index (χ0v) is 24.7. The Hall–Kier alpha value is -3.56. The molecule has 1 saturated heterocycles. The lowest BCUT2D eigenvalue weighted by Crippen LogP contribution is -2.40. The van der Waals surface area contributed by atoms with Crippen LogP contribution in [-0.2, 0) is 20.8 Å². The molecule has 9 heteroatoms. The average molecular weight is 577 g/mol. The number of ether oxygens (including phenoxy) is 2. The van der Waals surface area contributed by atoms with E-state index in [0.29, 0.717) is 56.1 Å². The van der Waals surface area contributed by atoms with Crippen LogP contribution in [0.25, 0.3) is 10.9 Å². The molecule has 0 saturated carbocycles. The average Bonchev–Trinajstić information content (AvgIpc) is 3.40. The van der Waals surface area contributed by atoms with Gasteiger partial charge in [-0.1, -0.05) is 24.3 Å². The molecule has 8 nitrogen and oxygen atoms in total. The van der Waals surface area contributed by atoms with E-state index in [2.05, 4.69) is 5.32 Å². The van der Waals surface area contributed by atoms with Crippen LogP contribution in [0.2, 0.25) is 0 Å². The number of halogens is 1. The first-order valence-electron chi connectivity index (χ1n) is 15.0. The maximum absolute atomic E-state index is 13.2. The molecule has 2 heterocycles. The fourth-order valence-electron chi connectivity index (χ4n) is 5.70. The van der Waals surface area contributed by atoms with E-state index < -0.39 is 0 Å². The predicted octanol–water partition coefficient (Wildman–Crippen LogP) is 5.19. The molecule has 1 N–H and O–H groups in total. The predicted molar refractivity (Wildman–Crippen MR) is 161 cm³/mol. The summed E-state index contributed by atoms with van der Waals surface area (Å²) >= 11 is 0. The molecule has 224 valence electrons. The summed E-state index contributed by atoms with van der Waals surface area (Å²) in [6.07, 6.45) is 15.4. The van der Waals surface area contributed by atoms with Gasteiger partial charge in [0.1, 0.15) is 5.83 Å². The third kappa shape index (κ3) is 7.44. The number of nitrogens with zero attached hydrogens (tertiary/aromatic N) is 3. The highest BCUT2D eigenvalue weighted by Gasteiger charge is 2.26. The zero-order chi connectivity index (χ0) is 29.6. The molecule has 2 aliphatic carbocycles. The standard InChI is InChI=1S/C33H41FN4O4/c1-22(2)41-19-16-35-32(39)29-12-13-31-30(23(29)3)21-38(36-31)20-24-14-17-37(18-15-24)33(40)25-4-8-27(9-5-25)42-28-10-6-26(34)7-11-28/h4-8,10,12-13,21-22,24,27-28H,9,11,14-20H2,1-3H3,(H,35,39). The van der Waals surface area contributed by atoms with Crippen LogP contribution in [-0.4, -0.2) is 71.0 Å². The first-order chi connectivity index (χ1) is 20.3. The quantitative estimate of drug-likeness (QED) is 0.394. The van der Waals surface area contributed by atoms with Crippen LogP contribution in [0.4, 0.5) is 4.39 Å². The van der Waals surface area contributed by atoms with Crippen molar-refractivity contribution in [3.8, 4) is 0 Å². The SMILES string of the molecule is Cc1c(C(=O)NCCOC(C)C)ccc2nn(CC3CCN(C(=O)C4=CCC(OC5C=CC(F)=CC5)C=C4)CC3)cc12. The van der Waals surface area contributed by atoms with E-state index in [0.717, 1.165) is 35.9 Å². The molecular weight excluding hydrogens is 535 g/mol. The van der Waals surface area contributed by atoms with Gasteiger partial charge >= 0.3 is 0 Å². The van der Waals surface area contributed by atoms with Crippen molar-refractivity contribution in [1.29, 1.82) is 0 Å². The molecule has 1 fully saturated rings. The maximum Gasteiger partial charge on any atom is 0.253 e. The molecule has 2 aromatic rings. The number of fused-ring (bicyclic) bond motifs is 1. The third-order valence-corrected chi connectivity index (χ3v) is 8.11. The van der Waals surface area contributed by atoms with Gasteiger partial charge in [-0.05, 0) is 82.2 Å². The Morgan fingerprint density at radius 1 is 1.10 bits per heavy atom. The number of hydrogen-bond acceptors (Lipinski definition) is 5. The van der Waals surface area contributed by atoms with Gasteiger partial charge in [-0.2, -0.15) is 5.10 Å². The van der Waals surface area contributed by atoms with E-state index in [1.807, 2.05) is 66.9 Å². The Balaban J connectivity index is 1.09. The molecule has 3 aliphatic rings. The van der Waals surface area contributed by atoms with Gasteiger partial charge in [0.05, 0.1) is 30.4 Å². The first kappa shape index (κ1) is 29.9. The number of amides is 2. The van der Waals surface area contributed by atoms with E-state index in [1.165, 1.54) is 12.2 Å². The van der Waals surface area contributed by atoms with E-state index in [-0.39, 0.29) is 36.0 Å². The number of carbonyl (C=O) groups is 2. The summed E-state index contributed by atoms with van der Waals surface area (Å²) in [6.45, 7) is 9.06. The summed E-state index contributed by atoms with van der Waals surface area (Å²) in [7, 11) is 0. The molecule has 0 bridgehead atoms. The summed E-state index contributed by atoms with van der Waals surface area (Å²) in [6, 6.07) is 3.75. The summed E-state index contributed by atoms with van der Waals surface area (Å²) in [5.74, 6) is 0.155. The van der Waals surface area contributed by atoms with Crippen LogP contribution < -0.4 is 5.32 Å². The largest absolute Gasteiger partial charge is 0.377 e. The highest BCUT2D eigenvalue weighted by molar-refractivity contribution is 6.00. The van der Waals surface area contributed by atoms with Crippen molar-refractivity contribution < 1.29 is 23.5 Å². The minimum absolute atomic E-state index is 0.0627. The second-order valence-electron chi connectivity index (χ2n) is 11.6. The topological polar surface area (TPSA) is 85.7 Å². The van der Waals surface area contributed by atoms with Crippen LogP contribution >= 0.6 is 0 Å². The number of rotatable bonds is 10. The van der Waals surface area contributed by atoms with Crippen LogP contribution in [0.3, 0.4) is 0 Å². The van der Waals surface area contributed by atoms with Gasteiger partial charge in [-0.25, -0.2) is 4.39 Å². The fourth-order valence-corrected chi connectivity index (χ4v) is 5.70. The van der Waals surface area contributed by atoms with Gasteiger partial charge in [0.15, 0.2) is 0 Å². The van der Waals surface area contributed by atoms with E-state index >= 15 is 0 Å². The first-order valence-corrected chi connectivity index (χ1v) is 15.0. The fraction of sp³-hybridized carbons (Fsp3) is 0.485. The number of hydrogen-bond donors (Lipinski definition) is 1. The normalized spacial score (nSPS) is 21.1. The number of nitrogens with one attached hydrogen (secondary N) is 1. The Morgan fingerprint density at radius 2 is 1.83 bits per heavy atom. The summed E-state index contributed by atoms with van der Waals surface area (Å²) < 4.78 is 26.7. The lowest BCUT2D eigenvalue weighted by atomic mass is 9.95. The van der Waals surface area contributed by atoms with Gasteiger partial charge in [-0.3, -0.25) is 14.3 Å². The van der Waals surface area contributed by atoms with Crippen LogP contribution in [0.15, 0.2) is 66.2 Å². The van der Waals surface area contributed by atoms with Gasteiger partial charge in [0.25, 0.3) is 11.8 Å². The maximum atomic E-state index is 13.2. The zero-order valence-electron chi connectivity index (χ0n) is 24.7. The van der Waals surface area contributed by atoms with Gasteiger partial charge in [-0.15, -0.1) is 0 Å². The molecule has 2 atom stereocenters. The lowest BCUT2D eigenvalue weighted by Gasteiger charge is -2.32. The Kier molecular flexibility index (Phi) is 9.69. The summed E-state index contributed by atoms with van der Waals surface area (Å²) in [5, 5.41) is 8.69. The van der Waals surface area contributed by atoms with Gasteiger partial charge < -0.3 is 19.7 Å². The van der Waals surface area contributed by atoms with E-state index in [1.54, 1.807) is 6.08 Å². The minimum Gasteiger partial charge on any atom is -0.377 e. The van der Waals surface area contributed by atoms with Gasteiger partial charge in [0, 0.05) is 48.9 Å². The lowest BCUT2D eigenvalue weighted by molar-refractivity contribution is -0.128. The van der Waals surface area contributed by atoms with Crippen molar-refractivity contribution in [1.82, 2.24) is 20.0 Å². The van der Waals surface area contributed by atoms with Crippen LogP contribution in [0.5, 0.6) is 0 Å². The summed E-state index contributed by atoms with van der Waals surface area (Å²) in [5.41, 5.74) is 3.16. The van der Waals surface area contributed by atoms with Crippen molar-refractivity contribution in [2.45, 2.75) is 71.3 Å². The molecule has 2 unspecified atom stereocenters. The highest BCUT2D eigenvalue weighted by atomic mass is 19.1. The second-order valence-corrected chi connectivity index (χ2v) is 11.6. The smallest absolute Gasteiger partial charge is 0.253 e. The summed E-state index contributed by atoms with van der Waals surface area (Å²) in [4.78, 5) is 27.8. The number of aromatic nitrogens is 2. The van der Waals surface area contributed by atoms with Crippen molar-refractivity contribution in [3.05, 3.63) is 77.3 Å². The molecular formula is C33H41FN4O4. The molecule has 42 heavy (non-hydrogen) atoms. The monoisotopic (exact) mass is 576 g/mol. The van der Waals surface area contributed by atoms with E-state index in [9.17, 15) is 14.0 Å². The second kappa shape index (κ2) is 13.6. The Labute approximate surface area is 246 Å². The minimum atomic E-state index is -0.224. The molecule has 0 spiro atoms. The number of piperidine rings is 1. The Bertz CT molecular complexity index is 1410. The number of aryl methyl sites for hydroxylation is 1. The highest BCUT2D eigenvalue weighted by Crippen LogP contribution is 2.26. The number of likely N-dealkylation sites (tertiary alicyclic amines) is 1. The molecule has 0 radical (unpaired) electrons. The van der Waals surface area contributed by atoms with Crippen molar-refractivity contribution in [3.63, 3.8) is 0 Å². The van der Waals surface area contributed by atoms with Crippen LogP contribution in [0.1, 0.15) is 55.5 Å². The van der Waals surface area contributed by atoms with Gasteiger partial charge in [0.2, 0.25) is 0 Å². The molecule has 1 aromatic carbocycles.